The third kappa shape index (κ3) is 12.5. The maximum atomic E-state index is 14.4. The number of esters is 1. The van der Waals surface area contributed by atoms with Crippen molar-refractivity contribution in [2.75, 3.05) is 34.9 Å². The molecule has 8 N–H and O–H groups in total. The van der Waals surface area contributed by atoms with Crippen molar-refractivity contribution in [2.45, 2.75) is 109 Å². The van der Waals surface area contributed by atoms with Crippen molar-refractivity contribution in [2.24, 2.45) is 17.4 Å². The number of methoxy groups -OCH3 is 3. The van der Waals surface area contributed by atoms with Gasteiger partial charge in [0.25, 0.3) is 0 Å². The number of ether oxygens (including phenoxy) is 4. The molecule has 0 fully saturated rings. The number of likely N-dealkylation sites (N-methyl/N-ethyl adjacent to an activating group) is 1. The second kappa shape index (κ2) is 20.2. The Morgan fingerprint density at radius 1 is 1.02 bits per heavy atom. The molecule has 1 aliphatic carbocycles. The number of hydrogen-bond donors (Lipinski definition) is 6. The van der Waals surface area contributed by atoms with Gasteiger partial charge in [-0.3, -0.25) is 19.2 Å². The van der Waals surface area contributed by atoms with Crippen LogP contribution in [0.5, 0.6) is 5.75 Å². The molecule has 56 heavy (non-hydrogen) atoms. The zero-order chi connectivity index (χ0) is 41.9. The first-order valence-electron chi connectivity index (χ1n) is 18.7. The number of nitrogens with one attached hydrogen (secondary N) is 4. The van der Waals surface area contributed by atoms with Gasteiger partial charge in [-0.1, -0.05) is 25.1 Å². The molecule has 17 nitrogen and oxygen atoms in total. The lowest BCUT2D eigenvalue weighted by Crippen LogP contribution is -2.55. The molecule has 0 aromatic heterocycles. The highest BCUT2D eigenvalue weighted by molar-refractivity contribution is 5.96. The number of fused-ring (bicyclic) bond motifs is 4. The van der Waals surface area contributed by atoms with Crippen LogP contribution in [0.4, 0.5) is 4.79 Å². The van der Waals surface area contributed by atoms with E-state index in [-0.39, 0.29) is 31.7 Å². The molecular formula is C39H59N7O10. The maximum Gasteiger partial charge on any atom is 0.407 e. The summed E-state index contributed by atoms with van der Waals surface area (Å²) in [6.45, 7) is 8.91. The fraction of sp³-hybridized carbons (Fsp3) is 0.590. The van der Waals surface area contributed by atoms with Crippen molar-refractivity contribution in [3.05, 3.63) is 47.1 Å². The first kappa shape index (κ1) is 45.4. The molecule has 0 saturated carbocycles. The Bertz CT molecular complexity index is 1670. The molecule has 0 radical (unpaired) electrons. The number of nitrogens with two attached hydrogens (primary N) is 2. The molecule has 1 heterocycles. The fourth-order valence-electron chi connectivity index (χ4n) is 6.71. The van der Waals surface area contributed by atoms with Gasteiger partial charge in [0.1, 0.15) is 35.5 Å². The van der Waals surface area contributed by atoms with Crippen LogP contribution in [0.2, 0.25) is 0 Å². The highest BCUT2D eigenvalue weighted by Gasteiger charge is 2.37. The number of hydrogen-bond acceptors (Lipinski definition) is 12. The molecule has 4 bridgehead atoms. The number of benzene rings is 1. The quantitative estimate of drug-likeness (QED) is 0.0949. The van der Waals surface area contributed by atoms with E-state index in [1.807, 2.05) is 19.1 Å². The lowest BCUT2D eigenvalue weighted by atomic mass is 9.82. The van der Waals surface area contributed by atoms with Gasteiger partial charge in [0.05, 0.1) is 32.9 Å². The van der Waals surface area contributed by atoms with Crippen molar-refractivity contribution in [3.63, 3.8) is 0 Å². The zero-order valence-electron chi connectivity index (χ0n) is 33.9. The minimum Gasteiger partial charge on any atom is -0.496 e. The highest BCUT2D eigenvalue weighted by atomic mass is 16.6. The Hall–Kier alpha value is -5.00. The summed E-state index contributed by atoms with van der Waals surface area (Å²) in [5.74, 6) is -2.94. The number of allylic oxidation sites excluding steroid dienone is 1. The van der Waals surface area contributed by atoms with Crippen LogP contribution in [-0.4, -0.2) is 112 Å². The number of rotatable bonds is 13. The molecule has 6 atom stereocenters. The van der Waals surface area contributed by atoms with Crippen LogP contribution >= 0.6 is 0 Å². The second-order valence-electron chi connectivity index (χ2n) is 15.1. The molecule has 17 heteroatoms. The van der Waals surface area contributed by atoms with Crippen LogP contribution in [0.1, 0.15) is 83.9 Å². The van der Waals surface area contributed by atoms with Crippen LogP contribution in [0.15, 0.2) is 35.9 Å². The lowest BCUT2D eigenvalue weighted by Gasteiger charge is -2.34. The van der Waals surface area contributed by atoms with Crippen LogP contribution in [0, 0.1) is 5.92 Å². The molecule has 1 aromatic rings. The van der Waals surface area contributed by atoms with Gasteiger partial charge in [0.15, 0.2) is 0 Å². The third-order valence-corrected chi connectivity index (χ3v) is 9.33. The van der Waals surface area contributed by atoms with Gasteiger partial charge in [0.2, 0.25) is 23.6 Å². The van der Waals surface area contributed by atoms with Crippen molar-refractivity contribution in [1.29, 1.82) is 0 Å². The molecule has 0 saturated heterocycles. The summed E-state index contributed by atoms with van der Waals surface area (Å²) in [6, 6.07) is 0.377. The van der Waals surface area contributed by atoms with Gasteiger partial charge in [0, 0.05) is 38.6 Å². The summed E-state index contributed by atoms with van der Waals surface area (Å²) in [7, 11) is 5.73. The Labute approximate surface area is 328 Å². The Balaban J connectivity index is 2.09. The van der Waals surface area contributed by atoms with Gasteiger partial charge in [-0.2, -0.15) is 0 Å². The monoisotopic (exact) mass is 785 g/mol. The van der Waals surface area contributed by atoms with Crippen molar-refractivity contribution >= 4 is 41.3 Å². The van der Waals surface area contributed by atoms with Crippen LogP contribution in [0.3, 0.4) is 0 Å². The minimum atomic E-state index is -1.33. The number of nitrogens with zero attached hydrogens (tertiary/aromatic N) is 1. The van der Waals surface area contributed by atoms with E-state index < -0.39 is 77.7 Å². The Morgan fingerprint density at radius 3 is 2.32 bits per heavy atom. The topological polar surface area (TPSA) is 243 Å². The number of carbonyl (C=O) groups is 6. The second-order valence-corrected chi connectivity index (χ2v) is 15.1. The first-order chi connectivity index (χ1) is 26.3. The van der Waals surface area contributed by atoms with Gasteiger partial charge in [-0.05, 0) is 75.8 Å². The standard InChI is InChI=1S/C39H59N7O10/c1-21-16-23-17-26(33(21)54-8)25-19-24(13-14-29(25)53-7)32(35(49)43-22(2)34(48)45-28(18-23)37(51)55-9)46(6)36(50)27(44-31(47)20-30(40)41)12-10-11-15-42-38(52)56-39(3,4)5/h13-14,16-17,19,21-22,27-28,30,32-33H,10-12,15,18,20,40-41H2,1-9H3,(H,42,52)(H,43,49)(H,44,47)(H,45,48)/t21?,22-,27-,28-,32-,33?/m0/s1. The van der Waals surface area contributed by atoms with Crippen LogP contribution in [-0.2, 0) is 38.2 Å². The number of amides is 5. The predicted molar refractivity (Wildman–Crippen MR) is 207 cm³/mol. The summed E-state index contributed by atoms with van der Waals surface area (Å²) < 4.78 is 22.0. The summed E-state index contributed by atoms with van der Waals surface area (Å²) in [4.78, 5) is 81.4. The lowest BCUT2D eigenvalue weighted by molar-refractivity contribution is -0.145. The molecule has 2 aliphatic rings. The average molecular weight is 786 g/mol. The molecule has 0 spiro atoms. The number of carbonyl (C=O) groups excluding carboxylic acids is 6. The van der Waals surface area contributed by atoms with Gasteiger partial charge >= 0.3 is 12.1 Å². The van der Waals surface area contributed by atoms with E-state index in [4.69, 9.17) is 30.4 Å². The smallest absolute Gasteiger partial charge is 0.407 e. The van der Waals surface area contributed by atoms with Gasteiger partial charge in [-0.15, -0.1) is 0 Å². The summed E-state index contributed by atoms with van der Waals surface area (Å²) in [6.07, 6.45) is 2.60. The third-order valence-electron chi connectivity index (χ3n) is 9.33. The van der Waals surface area contributed by atoms with E-state index in [2.05, 4.69) is 21.3 Å². The molecule has 1 aliphatic heterocycles. The van der Waals surface area contributed by atoms with Crippen molar-refractivity contribution < 1.29 is 47.7 Å². The average Bonchev–Trinajstić information content (AvgIpc) is 3.11. The predicted octanol–water partition coefficient (Wildman–Crippen LogP) is 1.55. The molecule has 310 valence electrons. The Morgan fingerprint density at radius 2 is 1.71 bits per heavy atom. The van der Waals surface area contributed by atoms with Crippen molar-refractivity contribution in [1.82, 2.24) is 26.2 Å². The summed E-state index contributed by atoms with van der Waals surface area (Å²) in [5.41, 5.74) is 13.0. The van der Waals surface area contributed by atoms with E-state index in [1.54, 1.807) is 46.1 Å². The molecule has 1 aromatic carbocycles. The van der Waals surface area contributed by atoms with E-state index in [1.165, 1.54) is 33.1 Å². The zero-order valence-corrected chi connectivity index (χ0v) is 33.9. The Kier molecular flexibility index (Phi) is 16.4. The number of unbranched alkanes of at least 4 members (excludes halogenated alkanes) is 1. The highest BCUT2D eigenvalue weighted by Crippen LogP contribution is 2.39. The summed E-state index contributed by atoms with van der Waals surface area (Å²) >= 11 is 0. The molecular weight excluding hydrogens is 726 g/mol. The number of alkyl carbamates (subject to hydrolysis) is 1. The maximum absolute atomic E-state index is 14.4. The summed E-state index contributed by atoms with van der Waals surface area (Å²) in [5, 5.41) is 10.8. The van der Waals surface area contributed by atoms with Gasteiger partial charge in [-0.25, -0.2) is 9.59 Å². The minimum absolute atomic E-state index is 0.102. The first-order valence-corrected chi connectivity index (χ1v) is 18.7. The van der Waals surface area contributed by atoms with Crippen LogP contribution in [0.25, 0.3) is 5.57 Å². The van der Waals surface area contributed by atoms with Crippen LogP contribution < -0.4 is 37.5 Å². The fourth-order valence-corrected chi connectivity index (χ4v) is 6.71. The normalized spacial score (nSPS) is 21.9. The van der Waals surface area contributed by atoms with E-state index >= 15 is 0 Å². The van der Waals surface area contributed by atoms with Gasteiger partial charge < -0.3 is 56.6 Å². The molecule has 2 unspecified atom stereocenters. The SMILES string of the molecule is COC(=O)[C@@H]1CC2=CC(C)C(OC)C(=C2)c2cc(ccc2OC)[C@H](N(C)C(=O)[C@H](CCCCNC(=O)OC(C)(C)C)NC(=O)CC(N)N)C(=O)N[C@@H](C)C(=O)N1. The molecule has 3 rings (SSSR count). The van der Waals surface area contributed by atoms with E-state index in [9.17, 15) is 28.8 Å². The molecule has 5 amide bonds. The largest absolute Gasteiger partial charge is 0.496 e. The van der Waals surface area contributed by atoms with E-state index in [0.29, 0.717) is 35.3 Å². The van der Waals surface area contributed by atoms with Crippen molar-refractivity contribution in [3.8, 4) is 5.75 Å². The van der Waals surface area contributed by atoms with E-state index in [0.717, 1.165) is 5.57 Å².